The number of aromatic nitrogens is 7. The normalized spacial score (nSPS) is 15.5. The molecule has 9 heteroatoms. The molecule has 0 unspecified atom stereocenters. The number of hydrogen-bond acceptors (Lipinski definition) is 6. The fourth-order valence-electron chi connectivity index (χ4n) is 4.29. The van der Waals surface area contributed by atoms with Crippen LogP contribution in [0.3, 0.4) is 0 Å². The second kappa shape index (κ2) is 8.48. The minimum atomic E-state index is -0.402. The highest BCUT2D eigenvalue weighted by atomic mass is 16.5. The Balaban J connectivity index is 1.44. The molecule has 32 heavy (non-hydrogen) atoms. The van der Waals surface area contributed by atoms with Crippen molar-refractivity contribution >= 4 is 5.52 Å². The maximum Gasteiger partial charge on any atom is 0.140 e. The van der Waals surface area contributed by atoms with Crippen LogP contribution in [-0.4, -0.2) is 51.5 Å². The maximum absolute atomic E-state index is 9.60. The van der Waals surface area contributed by atoms with Gasteiger partial charge in [0.2, 0.25) is 0 Å². The first-order chi connectivity index (χ1) is 15.6. The number of ether oxygens (including phenoxy) is 1. The van der Waals surface area contributed by atoms with E-state index in [0.29, 0.717) is 12.8 Å². The van der Waals surface area contributed by atoms with Crippen molar-refractivity contribution in [2.75, 3.05) is 6.61 Å². The molecule has 0 aliphatic heterocycles. The Hall–Kier alpha value is -3.04. The molecule has 1 saturated carbocycles. The Morgan fingerprint density at radius 1 is 1.06 bits per heavy atom. The molecule has 4 heterocycles. The second-order valence-electron chi connectivity index (χ2n) is 8.55. The molecular weight excluding hydrogens is 406 g/mol. The molecular formula is C23H29N7O2. The lowest BCUT2D eigenvalue weighted by Gasteiger charge is -2.39. The molecule has 0 amide bonds. The number of rotatable bonds is 9. The van der Waals surface area contributed by atoms with E-state index in [0.717, 1.165) is 60.1 Å². The first-order valence-corrected chi connectivity index (χ1v) is 11.3. The smallest absolute Gasteiger partial charge is 0.140 e. The van der Waals surface area contributed by atoms with Gasteiger partial charge in [-0.2, -0.15) is 15.3 Å². The lowest BCUT2D eigenvalue weighted by molar-refractivity contribution is -0.154. The molecule has 1 aliphatic carbocycles. The highest BCUT2D eigenvalue weighted by Crippen LogP contribution is 2.35. The van der Waals surface area contributed by atoms with Crippen LogP contribution in [0.4, 0.5) is 0 Å². The standard InChI is InChI=1S/C23H29N7O2/c1-3-19(4-2)29-13-18(11-26-29)22-21-6-9-24-30(21)14-20(27-22)17-10-25-28(12-17)16-32-23(15-31)7-5-8-23/h6,9-14,19,31H,3-5,7-8,15-16H2,1-2H3. The third kappa shape index (κ3) is 3.71. The number of aliphatic hydroxyl groups is 1. The largest absolute Gasteiger partial charge is 0.393 e. The van der Waals surface area contributed by atoms with Crippen LogP contribution >= 0.6 is 0 Å². The molecule has 0 saturated heterocycles. The quantitative estimate of drug-likeness (QED) is 0.431. The van der Waals surface area contributed by atoms with Gasteiger partial charge in [-0.25, -0.2) is 14.2 Å². The Morgan fingerprint density at radius 2 is 1.88 bits per heavy atom. The van der Waals surface area contributed by atoms with Gasteiger partial charge in [0.25, 0.3) is 0 Å². The molecule has 4 aromatic rings. The van der Waals surface area contributed by atoms with Crippen LogP contribution in [-0.2, 0) is 11.5 Å². The lowest BCUT2D eigenvalue weighted by Crippen LogP contribution is -2.44. The van der Waals surface area contributed by atoms with Gasteiger partial charge in [-0.05, 0) is 38.2 Å². The molecule has 1 N–H and O–H groups in total. The third-order valence-corrected chi connectivity index (χ3v) is 6.57. The van der Waals surface area contributed by atoms with Crippen LogP contribution < -0.4 is 0 Å². The van der Waals surface area contributed by atoms with Gasteiger partial charge in [0.1, 0.15) is 6.73 Å². The molecule has 0 spiro atoms. The fourth-order valence-corrected chi connectivity index (χ4v) is 4.29. The summed E-state index contributed by atoms with van der Waals surface area (Å²) in [4.78, 5) is 4.96. The van der Waals surface area contributed by atoms with Crippen LogP contribution in [0.15, 0.2) is 43.2 Å². The number of nitrogens with zero attached hydrogens (tertiary/aromatic N) is 7. The zero-order chi connectivity index (χ0) is 22.1. The first-order valence-electron chi connectivity index (χ1n) is 11.3. The van der Waals surface area contributed by atoms with Gasteiger partial charge in [0.15, 0.2) is 0 Å². The Morgan fingerprint density at radius 3 is 2.59 bits per heavy atom. The molecule has 0 radical (unpaired) electrons. The molecule has 0 atom stereocenters. The van der Waals surface area contributed by atoms with Gasteiger partial charge in [-0.1, -0.05) is 13.8 Å². The summed E-state index contributed by atoms with van der Waals surface area (Å²) in [5, 5.41) is 23.1. The van der Waals surface area contributed by atoms with Crippen LogP contribution in [0.5, 0.6) is 0 Å². The Kier molecular flexibility index (Phi) is 5.52. The van der Waals surface area contributed by atoms with E-state index in [4.69, 9.17) is 9.72 Å². The van der Waals surface area contributed by atoms with Crippen molar-refractivity contribution in [1.82, 2.24) is 34.2 Å². The van der Waals surface area contributed by atoms with Crippen molar-refractivity contribution in [1.29, 1.82) is 0 Å². The van der Waals surface area contributed by atoms with Crippen LogP contribution in [0.2, 0.25) is 0 Å². The van der Waals surface area contributed by atoms with Crippen molar-refractivity contribution in [3.8, 4) is 22.5 Å². The van der Waals surface area contributed by atoms with Crippen LogP contribution in [0.1, 0.15) is 52.0 Å². The van der Waals surface area contributed by atoms with Gasteiger partial charge >= 0.3 is 0 Å². The number of fused-ring (bicyclic) bond motifs is 1. The highest BCUT2D eigenvalue weighted by molar-refractivity contribution is 5.78. The molecule has 5 rings (SSSR count). The van der Waals surface area contributed by atoms with E-state index in [-0.39, 0.29) is 6.61 Å². The van der Waals surface area contributed by atoms with E-state index in [2.05, 4.69) is 35.3 Å². The monoisotopic (exact) mass is 435 g/mol. The number of aliphatic hydroxyl groups excluding tert-OH is 1. The zero-order valence-electron chi connectivity index (χ0n) is 18.6. The summed E-state index contributed by atoms with van der Waals surface area (Å²) in [5.41, 5.74) is 4.00. The summed E-state index contributed by atoms with van der Waals surface area (Å²) in [7, 11) is 0. The van der Waals surface area contributed by atoms with E-state index >= 15 is 0 Å². The minimum absolute atomic E-state index is 0.0482. The van der Waals surface area contributed by atoms with E-state index in [9.17, 15) is 5.11 Å². The minimum Gasteiger partial charge on any atom is -0.393 e. The summed E-state index contributed by atoms with van der Waals surface area (Å²) in [6.45, 7) is 4.71. The highest BCUT2D eigenvalue weighted by Gasteiger charge is 2.37. The Labute approximate surface area is 186 Å². The molecule has 9 nitrogen and oxygen atoms in total. The summed E-state index contributed by atoms with van der Waals surface area (Å²) in [5.74, 6) is 0. The molecule has 0 aromatic carbocycles. The molecule has 4 aromatic heterocycles. The Bertz CT molecular complexity index is 1190. The average molecular weight is 436 g/mol. The SMILES string of the molecule is CCC(CC)n1cc(-c2nc(-c3cnn(COC4(CO)CCC4)c3)cn3nccc23)cn1. The van der Waals surface area contributed by atoms with E-state index in [1.54, 1.807) is 17.1 Å². The van der Waals surface area contributed by atoms with Gasteiger partial charge in [0.05, 0.1) is 59.9 Å². The van der Waals surface area contributed by atoms with Gasteiger partial charge in [-0.3, -0.25) is 4.68 Å². The fraction of sp³-hybridized carbons (Fsp3) is 0.478. The maximum atomic E-state index is 9.60. The summed E-state index contributed by atoms with van der Waals surface area (Å²) < 4.78 is 11.6. The predicted molar refractivity (Wildman–Crippen MR) is 120 cm³/mol. The molecule has 1 aliphatic rings. The topological polar surface area (TPSA) is 95.3 Å². The van der Waals surface area contributed by atoms with Crippen molar-refractivity contribution < 1.29 is 9.84 Å². The third-order valence-electron chi connectivity index (χ3n) is 6.57. The summed E-state index contributed by atoms with van der Waals surface area (Å²) in [6, 6.07) is 2.34. The average Bonchev–Trinajstić information content (AvgIpc) is 3.54. The summed E-state index contributed by atoms with van der Waals surface area (Å²) in [6.07, 6.45) is 16.3. The molecule has 0 bridgehead atoms. The van der Waals surface area contributed by atoms with Crippen molar-refractivity contribution in [3.05, 3.63) is 43.2 Å². The van der Waals surface area contributed by atoms with Gasteiger partial charge in [0, 0.05) is 23.5 Å². The van der Waals surface area contributed by atoms with Crippen molar-refractivity contribution in [2.24, 2.45) is 0 Å². The lowest BCUT2D eigenvalue weighted by atomic mass is 9.81. The van der Waals surface area contributed by atoms with Crippen LogP contribution in [0, 0.1) is 0 Å². The van der Waals surface area contributed by atoms with E-state index < -0.39 is 5.60 Å². The van der Waals surface area contributed by atoms with Crippen molar-refractivity contribution in [2.45, 2.75) is 64.3 Å². The van der Waals surface area contributed by atoms with Crippen molar-refractivity contribution in [3.63, 3.8) is 0 Å². The number of hydrogen-bond donors (Lipinski definition) is 1. The van der Waals surface area contributed by atoms with Gasteiger partial charge in [-0.15, -0.1) is 0 Å². The zero-order valence-corrected chi connectivity index (χ0v) is 18.6. The second-order valence-corrected chi connectivity index (χ2v) is 8.55. The molecule has 168 valence electrons. The first kappa shape index (κ1) is 20.8. The van der Waals surface area contributed by atoms with Crippen LogP contribution in [0.25, 0.3) is 28.0 Å². The predicted octanol–water partition coefficient (Wildman–Crippen LogP) is 3.71. The van der Waals surface area contributed by atoms with E-state index in [1.807, 2.05) is 33.9 Å². The molecule has 1 fully saturated rings. The van der Waals surface area contributed by atoms with E-state index in [1.165, 1.54) is 0 Å². The summed E-state index contributed by atoms with van der Waals surface area (Å²) >= 11 is 0. The van der Waals surface area contributed by atoms with Gasteiger partial charge < -0.3 is 9.84 Å².